The quantitative estimate of drug-likeness (QED) is 0.767. The molecule has 0 radical (unpaired) electrons. The highest BCUT2D eigenvalue weighted by Crippen LogP contribution is 2.70. The number of nitrogens with zero attached hydrogens (tertiary/aromatic N) is 2. The number of likely N-dealkylation sites (tertiary alicyclic amines) is 1. The van der Waals surface area contributed by atoms with Crippen LogP contribution in [0.3, 0.4) is 0 Å². The number of pyridine rings is 1. The molecule has 1 aromatic heterocycles. The molecule has 2 N–H and O–H groups in total. The van der Waals surface area contributed by atoms with Gasteiger partial charge in [-0.15, -0.1) is 0 Å². The van der Waals surface area contributed by atoms with Gasteiger partial charge in [-0.05, 0) is 99.0 Å². The van der Waals surface area contributed by atoms with Gasteiger partial charge in [-0.1, -0.05) is 6.07 Å². The number of aryl methyl sites for hydroxylation is 1. The zero-order valence-electron chi connectivity index (χ0n) is 19.1. The summed E-state index contributed by atoms with van der Waals surface area (Å²) in [4.78, 5) is 19.5. The summed E-state index contributed by atoms with van der Waals surface area (Å²) in [6.07, 6.45) is 7.10. The van der Waals surface area contributed by atoms with E-state index in [-0.39, 0.29) is 17.4 Å². The van der Waals surface area contributed by atoms with Crippen LogP contribution in [0.5, 0.6) is 0 Å². The van der Waals surface area contributed by atoms with E-state index in [1.807, 2.05) is 12.3 Å². The maximum absolute atomic E-state index is 12.5. The minimum Gasteiger partial charge on any atom is -0.389 e. The third-order valence-electron chi connectivity index (χ3n) is 8.80. The van der Waals surface area contributed by atoms with Crippen molar-refractivity contribution in [2.24, 2.45) is 11.3 Å². The molecule has 2 aromatic rings. The molecule has 3 atom stereocenters. The van der Waals surface area contributed by atoms with E-state index in [1.165, 1.54) is 24.0 Å². The van der Waals surface area contributed by atoms with Gasteiger partial charge in [0.2, 0.25) is 5.91 Å². The predicted molar refractivity (Wildman–Crippen MR) is 124 cm³/mol. The number of carbonyl (C=O) groups excluding carboxylic acids is 1. The smallest absolute Gasteiger partial charge is 0.229 e. The van der Waals surface area contributed by atoms with Gasteiger partial charge in [0.05, 0.1) is 24.9 Å². The average molecular weight is 436 g/mol. The van der Waals surface area contributed by atoms with Crippen molar-refractivity contribution in [1.82, 2.24) is 9.88 Å². The summed E-state index contributed by atoms with van der Waals surface area (Å²) in [5.74, 6) is 1.51. The molecule has 2 aliphatic heterocycles. The Morgan fingerprint density at radius 2 is 2.00 bits per heavy atom. The Bertz CT molecular complexity index is 1070. The van der Waals surface area contributed by atoms with E-state index in [0.29, 0.717) is 30.4 Å². The second kappa shape index (κ2) is 7.24. The summed E-state index contributed by atoms with van der Waals surface area (Å²) in [5.41, 5.74) is 2.80. The van der Waals surface area contributed by atoms with E-state index < -0.39 is 6.10 Å². The van der Waals surface area contributed by atoms with E-state index in [9.17, 15) is 9.90 Å². The first-order chi connectivity index (χ1) is 15.4. The third kappa shape index (κ3) is 3.35. The van der Waals surface area contributed by atoms with Crippen LogP contribution in [-0.4, -0.2) is 58.8 Å². The lowest BCUT2D eigenvalue weighted by Crippen LogP contribution is -2.56. The first kappa shape index (κ1) is 20.6. The van der Waals surface area contributed by atoms with Gasteiger partial charge in [0.15, 0.2) is 0 Å². The molecule has 6 nitrogen and oxygen atoms in total. The van der Waals surface area contributed by atoms with E-state index in [2.05, 4.69) is 41.2 Å². The molecule has 170 valence electrons. The molecule has 0 bridgehead atoms. The number of anilines is 1. The first-order valence-corrected chi connectivity index (χ1v) is 12.1. The molecule has 4 aliphatic rings. The zero-order chi connectivity index (χ0) is 22.1. The third-order valence-corrected chi connectivity index (χ3v) is 8.80. The van der Waals surface area contributed by atoms with Crippen LogP contribution in [0.15, 0.2) is 24.4 Å². The predicted octanol–water partition coefficient (Wildman–Crippen LogP) is 3.61. The minimum absolute atomic E-state index is 0.139. The topological polar surface area (TPSA) is 74.7 Å². The molecule has 3 heterocycles. The normalized spacial score (nSPS) is 31.8. The number of aliphatic hydroxyl groups excluding tert-OH is 1. The number of fused-ring (bicyclic) bond motifs is 1. The molecule has 4 fully saturated rings. The maximum Gasteiger partial charge on any atom is 0.229 e. The molecule has 1 aromatic carbocycles. The van der Waals surface area contributed by atoms with Crippen LogP contribution in [-0.2, 0) is 9.53 Å². The molecule has 6 rings (SSSR count). The standard InChI is InChI=1S/C26H33N3O3/c1-16-9-19-13-27-23(28-24(31)21-12-26(21)5-6-26)11-18(19)10-20(16)17-3-7-29(8-4-17)25(2)15-32-14-22(25)30/h9-11,13,17,21-22,30H,3-8,12,14-15H2,1-2H3,(H,27,28,31). The van der Waals surface area contributed by atoms with E-state index in [4.69, 9.17) is 4.74 Å². The van der Waals surface area contributed by atoms with Crippen molar-refractivity contribution in [2.75, 3.05) is 31.6 Å². The second-order valence-electron chi connectivity index (χ2n) is 10.9. The van der Waals surface area contributed by atoms with Crippen LogP contribution in [0.4, 0.5) is 5.82 Å². The van der Waals surface area contributed by atoms with E-state index in [0.717, 1.165) is 43.1 Å². The first-order valence-electron chi connectivity index (χ1n) is 12.1. The summed E-state index contributed by atoms with van der Waals surface area (Å²) in [7, 11) is 0. The number of benzene rings is 1. The highest BCUT2D eigenvalue weighted by atomic mass is 16.5. The van der Waals surface area contributed by atoms with Crippen molar-refractivity contribution < 1.29 is 14.6 Å². The minimum atomic E-state index is -0.409. The second-order valence-corrected chi connectivity index (χ2v) is 10.9. The summed E-state index contributed by atoms with van der Waals surface area (Å²) >= 11 is 0. The summed E-state index contributed by atoms with van der Waals surface area (Å²) in [6.45, 7) is 7.31. The maximum atomic E-state index is 12.5. The lowest BCUT2D eigenvalue weighted by atomic mass is 9.83. The Labute approximate surface area is 189 Å². The van der Waals surface area contributed by atoms with Gasteiger partial charge in [-0.2, -0.15) is 0 Å². The van der Waals surface area contributed by atoms with Gasteiger partial charge in [0, 0.05) is 17.5 Å². The van der Waals surface area contributed by atoms with Crippen LogP contribution in [0, 0.1) is 18.3 Å². The summed E-state index contributed by atoms with van der Waals surface area (Å²) < 4.78 is 5.55. The van der Waals surface area contributed by atoms with Gasteiger partial charge in [-0.25, -0.2) is 4.98 Å². The van der Waals surface area contributed by atoms with E-state index >= 15 is 0 Å². The number of rotatable bonds is 4. The number of hydrogen-bond donors (Lipinski definition) is 2. The number of amides is 1. The van der Waals surface area contributed by atoms with Gasteiger partial charge in [-0.3, -0.25) is 9.69 Å². The molecule has 3 unspecified atom stereocenters. The highest BCUT2D eigenvalue weighted by molar-refractivity contribution is 5.96. The zero-order valence-corrected chi connectivity index (χ0v) is 19.1. The van der Waals surface area contributed by atoms with Gasteiger partial charge in [0.25, 0.3) is 0 Å². The van der Waals surface area contributed by atoms with Crippen molar-refractivity contribution in [2.45, 2.75) is 63.5 Å². The van der Waals surface area contributed by atoms with Crippen molar-refractivity contribution in [3.63, 3.8) is 0 Å². The molecular formula is C26H33N3O3. The fourth-order valence-corrected chi connectivity index (χ4v) is 6.13. The Hall–Kier alpha value is -2.02. The van der Waals surface area contributed by atoms with Crippen molar-refractivity contribution in [1.29, 1.82) is 0 Å². The van der Waals surface area contributed by atoms with Crippen LogP contribution in [0.1, 0.15) is 56.1 Å². The van der Waals surface area contributed by atoms with Gasteiger partial charge < -0.3 is 15.2 Å². The average Bonchev–Trinajstić information content (AvgIpc) is 3.70. The van der Waals surface area contributed by atoms with Crippen molar-refractivity contribution in [3.05, 3.63) is 35.5 Å². The molecule has 1 amide bonds. The van der Waals surface area contributed by atoms with Gasteiger partial charge in [0.1, 0.15) is 5.82 Å². The highest BCUT2D eigenvalue weighted by Gasteiger charge is 2.65. The van der Waals surface area contributed by atoms with Crippen LogP contribution in [0.25, 0.3) is 10.8 Å². The number of aromatic nitrogens is 1. The summed E-state index contributed by atoms with van der Waals surface area (Å²) in [5, 5.41) is 15.7. The van der Waals surface area contributed by atoms with Crippen LogP contribution >= 0.6 is 0 Å². The molecule has 32 heavy (non-hydrogen) atoms. The monoisotopic (exact) mass is 435 g/mol. The van der Waals surface area contributed by atoms with Crippen LogP contribution < -0.4 is 5.32 Å². The van der Waals surface area contributed by atoms with Crippen LogP contribution in [0.2, 0.25) is 0 Å². The molecule has 2 saturated carbocycles. The number of piperidine rings is 1. The fourth-order valence-electron chi connectivity index (χ4n) is 6.13. The summed E-state index contributed by atoms with van der Waals surface area (Å²) in [6, 6.07) is 6.56. The largest absolute Gasteiger partial charge is 0.389 e. The Balaban J connectivity index is 1.18. The molecule has 2 aliphatic carbocycles. The molecular weight excluding hydrogens is 402 g/mol. The number of aliphatic hydroxyl groups is 1. The Morgan fingerprint density at radius 3 is 2.66 bits per heavy atom. The lowest BCUT2D eigenvalue weighted by Gasteiger charge is -2.44. The van der Waals surface area contributed by atoms with Crippen molar-refractivity contribution >= 4 is 22.5 Å². The fraction of sp³-hybridized carbons (Fsp3) is 0.615. The number of ether oxygens (including phenoxy) is 1. The molecule has 6 heteroatoms. The number of carbonyl (C=O) groups is 1. The SMILES string of the molecule is Cc1cc2cnc(NC(=O)C3CC34CC4)cc2cc1C1CCN(C2(C)COCC2O)CC1. The Morgan fingerprint density at radius 1 is 1.22 bits per heavy atom. The number of hydrogen-bond acceptors (Lipinski definition) is 5. The Kier molecular flexibility index (Phi) is 4.66. The van der Waals surface area contributed by atoms with E-state index in [1.54, 1.807) is 0 Å². The number of nitrogens with one attached hydrogen (secondary N) is 1. The molecule has 2 saturated heterocycles. The van der Waals surface area contributed by atoms with Crippen molar-refractivity contribution in [3.8, 4) is 0 Å². The van der Waals surface area contributed by atoms with Gasteiger partial charge >= 0.3 is 0 Å². The molecule has 1 spiro atoms. The lowest BCUT2D eigenvalue weighted by molar-refractivity contribution is -0.117.